The maximum Gasteiger partial charge on any atom is 0.232 e. The summed E-state index contributed by atoms with van der Waals surface area (Å²) in [6.45, 7) is 8.62. The van der Waals surface area contributed by atoms with Gasteiger partial charge < -0.3 is 14.2 Å². The van der Waals surface area contributed by atoms with Crippen LogP contribution in [0.25, 0.3) is 6.08 Å². The molecule has 2 aromatic carbocycles. The van der Waals surface area contributed by atoms with E-state index in [1.807, 2.05) is 37.3 Å². The minimum atomic E-state index is -0.0688. The normalized spacial score (nSPS) is 20.3. The van der Waals surface area contributed by atoms with Gasteiger partial charge in [-0.05, 0) is 42.3 Å². The van der Waals surface area contributed by atoms with E-state index in [1.165, 1.54) is 0 Å². The van der Waals surface area contributed by atoms with Crippen molar-refractivity contribution in [2.45, 2.75) is 13.5 Å². The molecule has 0 spiro atoms. The van der Waals surface area contributed by atoms with E-state index in [0.717, 1.165) is 66.3 Å². The van der Waals surface area contributed by atoms with Crippen molar-refractivity contribution in [1.29, 1.82) is 0 Å². The number of aryl methyl sites for hydroxylation is 1. The molecule has 3 heterocycles. The molecule has 3 aliphatic rings. The van der Waals surface area contributed by atoms with Crippen molar-refractivity contribution in [3.63, 3.8) is 0 Å². The van der Waals surface area contributed by atoms with Crippen LogP contribution in [-0.2, 0) is 11.3 Å². The summed E-state index contributed by atoms with van der Waals surface area (Å²) in [5.41, 5.74) is 3.41. The number of carbonyl (C=O) groups excluding carboxylic acids is 1. The topological polar surface area (TPSA) is 51.2 Å². The molecule has 1 saturated heterocycles. The molecule has 0 unspecified atom stereocenters. The van der Waals surface area contributed by atoms with Crippen molar-refractivity contribution in [1.82, 2.24) is 9.80 Å². The Balaban J connectivity index is 1.38. The van der Waals surface area contributed by atoms with Crippen LogP contribution in [0.4, 0.5) is 0 Å². The monoisotopic (exact) mass is 484 g/mol. The number of ketones is 1. The molecule has 0 saturated carbocycles. The summed E-state index contributed by atoms with van der Waals surface area (Å²) < 4.78 is 18.6. The van der Waals surface area contributed by atoms with Gasteiger partial charge in [-0.3, -0.25) is 14.6 Å². The highest BCUT2D eigenvalue weighted by atomic mass is 79.9. The first kappa shape index (κ1) is 20.7. The van der Waals surface area contributed by atoms with E-state index in [0.29, 0.717) is 30.3 Å². The van der Waals surface area contributed by atoms with Gasteiger partial charge in [-0.25, -0.2) is 0 Å². The SMILES string of the molecule is Cc1cc2c(c3c1C(=O)/C(=C/c1cccc(Br)c1)O3)CN(CCN1CCOCC1)CO2. The molecule has 0 bridgehead atoms. The Morgan fingerprint density at radius 3 is 2.74 bits per heavy atom. The van der Waals surface area contributed by atoms with Gasteiger partial charge in [0, 0.05) is 37.2 Å². The quantitative estimate of drug-likeness (QED) is 0.614. The largest absolute Gasteiger partial charge is 0.478 e. The first-order valence-electron chi connectivity index (χ1n) is 10.6. The van der Waals surface area contributed by atoms with Gasteiger partial charge in [0.1, 0.15) is 18.2 Å². The minimum Gasteiger partial charge on any atom is -0.478 e. The number of Topliss-reactive ketones (excluding diaryl/α,β-unsaturated/α-hetero) is 1. The highest BCUT2D eigenvalue weighted by molar-refractivity contribution is 9.10. The lowest BCUT2D eigenvalue weighted by Crippen LogP contribution is -2.43. The van der Waals surface area contributed by atoms with Crippen molar-refractivity contribution >= 4 is 27.8 Å². The molecule has 6 nitrogen and oxygen atoms in total. The standard InChI is InChI=1S/C24H25BrN2O4/c1-16-11-20-19(14-27(15-30-20)6-5-26-7-9-29-10-8-26)24-22(16)23(28)21(31-24)13-17-3-2-4-18(25)12-17/h2-4,11-13H,5-10,14-15H2,1H3/b21-13-. The number of ether oxygens (including phenoxy) is 3. The highest BCUT2D eigenvalue weighted by Gasteiger charge is 2.35. The second kappa shape index (κ2) is 8.74. The van der Waals surface area contributed by atoms with Crippen molar-refractivity contribution in [2.75, 3.05) is 46.1 Å². The molecule has 31 heavy (non-hydrogen) atoms. The number of morpholine rings is 1. The van der Waals surface area contributed by atoms with Crippen LogP contribution in [0.2, 0.25) is 0 Å². The van der Waals surface area contributed by atoms with Gasteiger partial charge in [-0.1, -0.05) is 28.1 Å². The Morgan fingerprint density at radius 1 is 1.13 bits per heavy atom. The van der Waals surface area contributed by atoms with Gasteiger partial charge in [0.2, 0.25) is 5.78 Å². The molecule has 0 amide bonds. The molecule has 0 aliphatic carbocycles. The summed E-state index contributed by atoms with van der Waals surface area (Å²) in [5.74, 6) is 1.75. The second-order valence-electron chi connectivity index (χ2n) is 8.15. The Hall–Kier alpha value is -2.19. The number of hydrogen-bond donors (Lipinski definition) is 0. The number of rotatable bonds is 4. The van der Waals surface area contributed by atoms with Crippen molar-refractivity contribution in [3.05, 3.63) is 62.8 Å². The molecular weight excluding hydrogens is 460 g/mol. The molecule has 3 aliphatic heterocycles. The van der Waals surface area contributed by atoms with E-state index in [2.05, 4.69) is 25.7 Å². The van der Waals surface area contributed by atoms with Crippen LogP contribution in [0.3, 0.4) is 0 Å². The van der Waals surface area contributed by atoms with Gasteiger partial charge >= 0.3 is 0 Å². The second-order valence-corrected chi connectivity index (χ2v) is 9.06. The summed E-state index contributed by atoms with van der Waals surface area (Å²) in [6, 6.07) is 9.78. The van der Waals surface area contributed by atoms with Crippen LogP contribution >= 0.6 is 15.9 Å². The number of carbonyl (C=O) groups is 1. The Bertz CT molecular complexity index is 1050. The molecule has 2 aromatic rings. The van der Waals surface area contributed by atoms with Gasteiger partial charge in [0.05, 0.1) is 24.3 Å². The van der Waals surface area contributed by atoms with Gasteiger partial charge in [0.25, 0.3) is 0 Å². The maximum atomic E-state index is 13.1. The van der Waals surface area contributed by atoms with Gasteiger partial charge in [0.15, 0.2) is 5.76 Å². The third-order valence-corrected chi connectivity index (χ3v) is 6.46. The third-order valence-electron chi connectivity index (χ3n) is 5.97. The Labute approximate surface area is 190 Å². The fourth-order valence-corrected chi connectivity index (χ4v) is 4.69. The van der Waals surface area contributed by atoms with Crippen molar-refractivity contribution in [3.8, 4) is 11.5 Å². The predicted octanol–water partition coefficient (Wildman–Crippen LogP) is 3.86. The smallest absolute Gasteiger partial charge is 0.232 e. The van der Waals surface area contributed by atoms with Crippen LogP contribution < -0.4 is 9.47 Å². The molecule has 7 heteroatoms. The number of benzene rings is 2. The first-order chi connectivity index (χ1) is 15.1. The van der Waals surface area contributed by atoms with Crippen molar-refractivity contribution in [2.24, 2.45) is 0 Å². The number of halogens is 1. The molecule has 0 N–H and O–H groups in total. The number of nitrogens with zero attached hydrogens (tertiary/aromatic N) is 2. The predicted molar refractivity (Wildman–Crippen MR) is 121 cm³/mol. The summed E-state index contributed by atoms with van der Waals surface area (Å²) in [7, 11) is 0. The van der Waals surface area contributed by atoms with Gasteiger partial charge in [-0.2, -0.15) is 0 Å². The fourth-order valence-electron chi connectivity index (χ4n) is 4.27. The van der Waals surface area contributed by atoms with E-state index in [9.17, 15) is 4.79 Å². The van der Waals surface area contributed by atoms with E-state index in [-0.39, 0.29) is 5.78 Å². The van der Waals surface area contributed by atoms with Crippen molar-refractivity contribution < 1.29 is 19.0 Å². The average molecular weight is 485 g/mol. The zero-order valence-corrected chi connectivity index (χ0v) is 19.1. The molecule has 0 atom stereocenters. The summed E-state index contributed by atoms with van der Waals surface area (Å²) in [5, 5.41) is 0. The Kier molecular flexibility index (Phi) is 5.84. The van der Waals surface area contributed by atoms with E-state index >= 15 is 0 Å². The maximum absolute atomic E-state index is 13.1. The van der Waals surface area contributed by atoms with Gasteiger partial charge in [-0.15, -0.1) is 0 Å². The van der Waals surface area contributed by atoms with E-state index in [1.54, 1.807) is 6.08 Å². The fraction of sp³-hybridized carbons (Fsp3) is 0.375. The number of fused-ring (bicyclic) bond motifs is 3. The number of allylic oxidation sites excluding steroid dienone is 1. The van der Waals surface area contributed by atoms with Crippen LogP contribution in [0, 0.1) is 6.92 Å². The average Bonchev–Trinajstić information content (AvgIpc) is 3.10. The number of hydrogen-bond acceptors (Lipinski definition) is 6. The minimum absolute atomic E-state index is 0.0688. The molecule has 1 fully saturated rings. The van der Waals surface area contributed by atoms with Crippen LogP contribution in [0.15, 0.2) is 40.6 Å². The zero-order valence-electron chi connectivity index (χ0n) is 17.5. The first-order valence-corrected chi connectivity index (χ1v) is 11.4. The zero-order chi connectivity index (χ0) is 21.4. The third kappa shape index (κ3) is 4.28. The molecule has 162 valence electrons. The molecule has 0 radical (unpaired) electrons. The highest BCUT2D eigenvalue weighted by Crippen LogP contribution is 2.44. The lowest BCUT2D eigenvalue weighted by Gasteiger charge is -2.33. The molecule has 5 rings (SSSR count). The van der Waals surface area contributed by atoms with E-state index in [4.69, 9.17) is 14.2 Å². The van der Waals surface area contributed by atoms with Crippen LogP contribution in [0.5, 0.6) is 11.5 Å². The summed E-state index contributed by atoms with van der Waals surface area (Å²) >= 11 is 3.48. The lowest BCUT2D eigenvalue weighted by atomic mass is 9.98. The lowest BCUT2D eigenvalue weighted by molar-refractivity contribution is 0.0239. The van der Waals surface area contributed by atoms with Crippen LogP contribution in [0.1, 0.15) is 27.0 Å². The van der Waals surface area contributed by atoms with Crippen LogP contribution in [-0.4, -0.2) is 61.7 Å². The summed E-state index contributed by atoms with van der Waals surface area (Å²) in [6.07, 6.45) is 1.80. The summed E-state index contributed by atoms with van der Waals surface area (Å²) in [4.78, 5) is 17.8. The molecule has 0 aromatic heterocycles. The molecular formula is C24H25BrN2O4. The van der Waals surface area contributed by atoms with E-state index < -0.39 is 0 Å². The Morgan fingerprint density at radius 2 is 1.94 bits per heavy atom.